The summed E-state index contributed by atoms with van der Waals surface area (Å²) < 4.78 is 4.88. The molecule has 2 N–H and O–H groups in total. The first-order valence-corrected chi connectivity index (χ1v) is 7.50. The van der Waals surface area contributed by atoms with Crippen LogP contribution in [0, 0.1) is 0 Å². The van der Waals surface area contributed by atoms with Crippen LogP contribution in [-0.4, -0.2) is 24.4 Å². The summed E-state index contributed by atoms with van der Waals surface area (Å²) >= 11 is 0. The van der Waals surface area contributed by atoms with Gasteiger partial charge in [-0.25, -0.2) is 4.79 Å². The first-order chi connectivity index (χ1) is 11.6. The Bertz CT molecular complexity index is 712. The van der Waals surface area contributed by atoms with Gasteiger partial charge < -0.3 is 15.4 Å². The van der Waals surface area contributed by atoms with E-state index < -0.39 is 17.8 Å². The van der Waals surface area contributed by atoms with Crippen LogP contribution in [0.4, 0.5) is 11.4 Å². The van der Waals surface area contributed by atoms with Gasteiger partial charge >= 0.3 is 5.97 Å². The molecular weight excluding hydrogens is 308 g/mol. The number of amides is 2. The molecule has 0 radical (unpaired) electrons. The number of nitrogens with one attached hydrogen (secondary N) is 2. The summed E-state index contributed by atoms with van der Waals surface area (Å²) in [6, 6.07) is 15.2. The molecule has 2 aromatic rings. The van der Waals surface area contributed by atoms with E-state index in [1.165, 1.54) is 0 Å². The molecule has 0 saturated carbocycles. The van der Waals surface area contributed by atoms with Crippen molar-refractivity contribution in [3.05, 3.63) is 60.2 Å². The summed E-state index contributed by atoms with van der Waals surface area (Å²) in [5, 5.41) is 5.24. The second-order valence-corrected chi connectivity index (χ2v) is 4.94. The Balaban J connectivity index is 1.85. The minimum absolute atomic E-state index is 0.297. The maximum absolute atomic E-state index is 11.9. The average molecular weight is 326 g/mol. The summed E-state index contributed by atoms with van der Waals surface area (Å²) in [6.45, 7) is 2.03. The average Bonchev–Trinajstić information content (AvgIpc) is 2.56. The number of carbonyl (C=O) groups is 3. The van der Waals surface area contributed by atoms with Crippen molar-refractivity contribution in [1.82, 2.24) is 0 Å². The highest BCUT2D eigenvalue weighted by Gasteiger charge is 2.11. The van der Waals surface area contributed by atoms with E-state index in [0.29, 0.717) is 23.5 Å². The van der Waals surface area contributed by atoms with Crippen LogP contribution < -0.4 is 10.6 Å². The van der Waals surface area contributed by atoms with Crippen LogP contribution in [-0.2, 0) is 14.3 Å². The highest BCUT2D eigenvalue weighted by molar-refractivity contribution is 6.08. The molecular formula is C18H18N2O4. The number of para-hydroxylation sites is 1. The largest absolute Gasteiger partial charge is 0.462 e. The Morgan fingerprint density at radius 2 is 1.38 bits per heavy atom. The van der Waals surface area contributed by atoms with Gasteiger partial charge in [-0.3, -0.25) is 9.59 Å². The van der Waals surface area contributed by atoms with Crippen LogP contribution >= 0.6 is 0 Å². The molecule has 0 saturated heterocycles. The molecule has 6 heteroatoms. The minimum Gasteiger partial charge on any atom is -0.462 e. The second kappa shape index (κ2) is 8.47. The lowest BCUT2D eigenvalue weighted by atomic mass is 10.2. The van der Waals surface area contributed by atoms with Gasteiger partial charge in [-0.2, -0.15) is 0 Å². The highest BCUT2D eigenvalue weighted by atomic mass is 16.5. The highest BCUT2D eigenvalue weighted by Crippen LogP contribution is 2.11. The van der Waals surface area contributed by atoms with E-state index in [-0.39, 0.29) is 6.42 Å². The van der Waals surface area contributed by atoms with Gasteiger partial charge in [0.25, 0.3) is 0 Å². The van der Waals surface area contributed by atoms with E-state index in [4.69, 9.17) is 4.74 Å². The molecule has 0 atom stereocenters. The Labute approximate surface area is 139 Å². The SMILES string of the molecule is CCOC(=O)c1ccc(NC(=O)CC(=O)Nc2ccccc2)cc1. The zero-order chi connectivity index (χ0) is 17.4. The molecule has 124 valence electrons. The number of carbonyl (C=O) groups excluding carboxylic acids is 3. The predicted octanol–water partition coefficient (Wildman–Crippen LogP) is 2.83. The van der Waals surface area contributed by atoms with E-state index in [0.717, 1.165) is 0 Å². The fraction of sp³-hybridized carbons (Fsp3) is 0.167. The fourth-order valence-corrected chi connectivity index (χ4v) is 1.98. The molecule has 0 spiro atoms. The molecule has 0 heterocycles. The number of hydrogen-bond donors (Lipinski definition) is 2. The third-order valence-electron chi connectivity index (χ3n) is 3.06. The van der Waals surface area contributed by atoms with E-state index in [1.807, 2.05) is 6.07 Å². The van der Waals surface area contributed by atoms with Gasteiger partial charge in [-0.15, -0.1) is 0 Å². The van der Waals surface area contributed by atoms with E-state index in [9.17, 15) is 14.4 Å². The molecule has 0 aromatic heterocycles. The number of benzene rings is 2. The normalized spacial score (nSPS) is 9.88. The molecule has 0 unspecified atom stereocenters. The summed E-state index contributed by atoms with van der Waals surface area (Å²) in [4.78, 5) is 35.2. The lowest BCUT2D eigenvalue weighted by Gasteiger charge is -2.07. The third-order valence-corrected chi connectivity index (χ3v) is 3.06. The Morgan fingerprint density at radius 1 is 0.833 bits per heavy atom. The predicted molar refractivity (Wildman–Crippen MR) is 90.7 cm³/mol. The van der Waals surface area contributed by atoms with Gasteiger partial charge in [0.05, 0.1) is 12.2 Å². The molecule has 0 aliphatic heterocycles. The maximum atomic E-state index is 11.9. The lowest BCUT2D eigenvalue weighted by molar-refractivity contribution is -0.123. The van der Waals surface area contributed by atoms with Gasteiger partial charge in [-0.05, 0) is 43.3 Å². The summed E-state index contributed by atoms with van der Waals surface area (Å²) in [5.41, 5.74) is 1.53. The molecule has 2 rings (SSSR count). The standard InChI is InChI=1S/C18H18N2O4/c1-2-24-18(23)13-8-10-15(11-9-13)20-17(22)12-16(21)19-14-6-4-3-5-7-14/h3-11H,2,12H2,1H3,(H,19,21)(H,20,22). The number of esters is 1. The van der Waals surface area contributed by atoms with Crippen LogP contribution in [0.25, 0.3) is 0 Å². The molecule has 6 nitrogen and oxygen atoms in total. The molecule has 2 amide bonds. The number of anilines is 2. The Morgan fingerprint density at radius 3 is 1.92 bits per heavy atom. The van der Waals surface area contributed by atoms with E-state index in [1.54, 1.807) is 55.5 Å². The first-order valence-electron chi connectivity index (χ1n) is 7.50. The van der Waals surface area contributed by atoms with Crippen LogP contribution in [0.2, 0.25) is 0 Å². The van der Waals surface area contributed by atoms with Crippen molar-refractivity contribution in [2.24, 2.45) is 0 Å². The van der Waals surface area contributed by atoms with Crippen molar-refractivity contribution in [2.45, 2.75) is 13.3 Å². The van der Waals surface area contributed by atoms with Crippen molar-refractivity contribution < 1.29 is 19.1 Å². The summed E-state index contributed by atoms with van der Waals surface area (Å²) in [5.74, 6) is -1.26. The van der Waals surface area contributed by atoms with Crippen molar-refractivity contribution in [1.29, 1.82) is 0 Å². The van der Waals surface area contributed by atoms with Gasteiger partial charge in [-0.1, -0.05) is 18.2 Å². The molecule has 0 bridgehead atoms. The molecule has 0 fully saturated rings. The van der Waals surface area contributed by atoms with Gasteiger partial charge in [0.1, 0.15) is 6.42 Å². The van der Waals surface area contributed by atoms with Gasteiger partial charge in [0.2, 0.25) is 11.8 Å². The number of ether oxygens (including phenoxy) is 1. The Hall–Kier alpha value is -3.15. The van der Waals surface area contributed by atoms with Crippen LogP contribution in [0.5, 0.6) is 0 Å². The van der Waals surface area contributed by atoms with Crippen molar-refractivity contribution >= 4 is 29.2 Å². The van der Waals surface area contributed by atoms with Crippen molar-refractivity contribution in [2.75, 3.05) is 17.2 Å². The lowest BCUT2D eigenvalue weighted by Crippen LogP contribution is -2.21. The smallest absolute Gasteiger partial charge is 0.338 e. The molecule has 0 aliphatic rings. The van der Waals surface area contributed by atoms with Crippen LogP contribution in [0.15, 0.2) is 54.6 Å². The van der Waals surface area contributed by atoms with Gasteiger partial charge in [0.15, 0.2) is 0 Å². The summed E-state index contributed by atoms with van der Waals surface area (Å²) in [7, 11) is 0. The van der Waals surface area contributed by atoms with Crippen LogP contribution in [0.3, 0.4) is 0 Å². The molecule has 0 aliphatic carbocycles. The van der Waals surface area contributed by atoms with Crippen LogP contribution in [0.1, 0.15) is 23.7 Å². The quantitative estimate of drug-likeness (QED) is 0.631. The van der Waals surface area contributed by atoms with E-state index >= 15 is 0 Å². The monoisotopic (exact) mass is 326 g/mol. The number of hydrogen-bond acceptors (Lipinski definition) is 4. The van der Waals surface area contributed by atoms with E-state index in [2.05, 4.69) is 10.6 Å². The maximum Gasteiger partial charge on any atom is 0.338 e. The topological polar surface area (TPSA) is 84.5 Å². The first kappa shape index (κ1) is 17.2. The zero-order valence-corrected chi connectivity index (χ0v) is 13.2. The molecule has 2 aromatic carbocycles. The zero-order valence-electron chi connectivity index (χ0n) is 13.2. The van der Waals surface area contributed by atoms with Gasteiger partial charge in [0, 0.05) is 11.4 Å². The third kappa shape index (κ3) is 5.24. The number of rotatable bonds is 6. The Kier molecular flexibility index (Phi) is 6.08. The molecule has 24 heavy (non-hydrogen) atoms. The second-order valence-electron chi connectivity index (χ2n) is 4.94. The fourth-order valence-electron chi connectivity index (χ4n) is 1.98. The van der Waals surface area contributed by atoms with Crippen molar-refractivity contribution in [3.8, 4) is 0 Å². The summed E-state index contributed by atoms with van der Waals surface area (Å²) in [6.07, 6.45) is -0.297. The van der Waals surface area contributed by atoms with Crippen molar-refractivity contribution in [3.63, 3.8) is 0 Å². The minimum atomic E-state index is -0.438.